The number of aliphatic hydroxyl groups excluding tert-OH is 1. The minimum atomic E-state index is 0.0236. The fourth-order valence-electron chi connectivity index (χ4n) is 1.62. The maximum atomic E-state index is 11.6. The number of benzene rings is 1. The number of nitrogens with one attached hydrogen (secondary N) is 1. The van der Waals surface area contributed by atoms with E-state index in [4.69, 9.17) is 10.8 Å². The topological polar surface area (TPSA) is 75.4 Å². The lowest BCUT2D eigenvalue weighted by Gasteiger charge is -2.09. The van der Waals surface area contributed by atoms with Crippen LogP contribution in [0.2, 0.25) is 0 Å². The first-order valence-electron chi connectivity index (χ1n) is 6.31. The average molecular weight is 250 g/mol. The molecule has 0 heterocycles. The molecule has 0 saturated carbocycles. The molecule has 0 aliphatic carbocycles. The van der Waals surface area contributed by atoms with Crippen LogP contribution in [0.4, 0.5) is 0 Å². The molecule has 0 radical (unpaired) electrons. The molecule has 4 nitrogen and oxygen atoms in total. The first kappa shape index (κ1) is 14.7. The number of carbonyl (C=O) groups is 1. The van der Waals surface area contributed by atoms with E-state index in [0.717, 1.165) is 17.5 Å². The van der Waals surface area contributed by atoms with Gasteiger partial charge in [0, 0.05) is 13.0 Å². The molecule has 4 N–H and O–H groups in total. The van der Waals surface area contributed by atoms with E-state index < -0.39 is 0 Å². The molecular weight excluding hydrogens is 228 g/mol. The third-order valence-electron chi connectivity index (χ3n) is 2.93. The summed E-state index contributed by atoms with van der Waals surface area (Å²) in [5.74, 6) is 0.429. The number of nitrogens with two attached hydrogens (primary N) is 1. The lowest BCUT2D eigenvalue weighted by atomic mass is 10.1. The van der Waals surface area contributed by atoms with Crippen LogP contribution in [0.15, 0.2) is 24.3 Å². The highest BCUT2D eigenvalue weighted by Gasteiger charge is 2.05. The van der Waals surface area contributed by atoms with E-state index in [-0.39, 0.29) is 12.5 Å². The summed E-state index contributed by atoms with van der Waals surface area (Å²) in [4.78, 5) is 11.6. The van der Waals surface area contributed by atoms with Crippen LogP contribution in [-0.4, -0.2) is 17.6 Å². The average Bonchev–Trinajstić information content (AvgIpc) is 2.42. The van der Waals surface area contributed by atoms with Crippen molar-refractivity contribution in [3.05, 3.63) is 35.4 Å². The summed E-state index contributed by atoms with van der Waals surface area (Å²) in [6.45, 7) is 3.18. The van der Waals surface area contributed by atoms with E-state index in [1.807, 2.05) is 31.2 Å². The minimum Gasteiger partial charge on any atom is -0.392 e. The summed E-state index contributed by atoms with van der Waals surface area (Å²) < 4.78 is 0. The fourth-order valence-corrected chi connectivity index (χ4v) is 1.62. The summed E-state index contributed by atoms with van der Waals surface area (Å²) in [7, 11) is 0. The Bertz CT molecular complexity index is 380. The molecule has 1 amide bonds. The number of aliphatic hydroxyl groups is 1. The molecule has 1 rings (SSSR count). The monoisotopic (exact) mass is 250 g/mol. The SMILES string of the molecule is CC(CN)CCC(=O)NCc1cccc(CO)c1. The molecule has 0 aliphatic heterocycles. The van der Waals surface area contributed by atoms with Crippen molar-refractivity contribution in [1.82, 2.24) is 5.32 Å². The van der Waals surface area contributed by atoms with Crippen LogP contribution < -0.4 is 11.1 Å². The van der Waals surface area contributed by atoms with Crippen LogP contribution in [0.25, 0.3) is 0 Å². The minimum absolute atomic E-state index is 0.0236. The zero-order valence-electron chi connectivity index (χ0n) is 10.9. The highest BCUT2D eigenvalue weighted by atomic mass is 16.3. The van der Waals surface area contributed by atoms with Crippen molar-refractivity contribution in [3.8, 4) is 0 Å². The van der Waals surface area contributed by atoms with Gasteiger partial charge in [-0.15, -0.1) is 0 Å². The van der Waals surface area contributed by atoms with Crippen molar-refractivity contribution in [1.29, 1.82) is 0 Å². The highest BCUT2D eigenvalue weighted by molar-refractivity contribution is 5.75. The third kappa shape index (κ3) is 5.29. The molecule has 0 aromatic heterocycles. The zero-order valence-corrected chi connectivity index (χ0v) is 10.9. The van der Waals surface area contributed by atoms with Crippen LogP contribution in [0.1, 0.15) is 30.9 Å². The van der Waals surface area contributed by atoms with Gasteiger partial charge in [-0.2, -0.15) is 0 Å². The maximum Gasteiger partial charge on any atom is 0.220 e. The number of hydrogen-bond acceptors (Lipinski definition) is 3. The van der Waals surface area contributed by atoms with Crippen LogP contribution in [-0.2, 0) is 17.9 Å². The van der Waals surface area contributed by atoms with Crippen LogP contribution in [0, 0.1) is 5.92 Å². The zero-order chi connectivity index (χ0) is 13.4. The van der Waals surface area contributed by atoms with Gasteiger partial charge < -0.3 is 16.2 Å². The van der Waals surface area contributed by atoms with Crippen LogP contribution in [0.5, 0.6) is 0 Å². The lowest BCUT2D eigenvalue weighted by molar-refractivity contribution is -0.121. The molecule has 1 unspecified atom stereocenters. The standard InChI is InChI=1S/C14H22N2O2/c1-11(8-15)5-6-14(18)16-9-12-3-2-4-13(7-12)10-17/h2-4,7,11,17H,5-6,8-10,15H2,1H3,(H,16,18). The lowest BCUT2D eigenvalue weighted by Crippen LogP contribution is -2.24. The molecule has 0 aliphatic rings. The van der Waals surface area contributed by atoms with E-state index in [0.29, 0.717) is 25.4 Å². The van der Waals surface area contributed by atoms with E-state index in [2.05, 4.69) is 5.32 Å². The van der Waals surface area contributed by atoms with Gasteiger partial charge in [0.2, 0.25) is 5.91 Å². The summed E-state index contributed by atoms with van der Waals surface area (Å²) in [5.41, 5.74) is 7.36. The van der Waals surface area contributed by atoms with Crippen LogP contribution >= 0.6 is 0 Å². The summed E-state index contributed by atoms with van der Waals surface area (Å²) in [6.07, 6.45) is 1.33. The molecule has 4 heteroatoms. The normalized spacial score (nSPS) is 12.2. The van der Waals surface area contributed by atoms with Gasteiger partial charge in [-0.25, -0.2) is 0 Å². The molecule has 1 atom stereocenters. The molecule has 1 aromatic rings. The van der Waals surface area contributed by atoms with Gasteiger partial charge in [0.05, 0.1) is 6.61 Å². The molecule has 100 valence electrons. The Morgan fingerprint density at radius 2 is 2.17 bits per heavy atom. The van der Waals surface area contributed by atoms with Crippen molar-refractivity contribution in [2.75, 3.05) is 6.54 Å². The summed E-state index contributed by atoms with van der Waals surface area (Å²) in [5, 5.41) is 11.9. The third-order valence-corrected chi connectivity index (χ3v) is 2.93. The largest absolute Gasteiger partial charge is 0.392 e. The fraction of sp³-hybridized carbons (Fsp3) is 0.500. The van der Waals surface area contributed by atoms with Gasteiger partial charge in [0.1, 0.15) is 0 Å². The molecule has 1 aromatic carbocycles. The van der Waals surface area contributed by atoms with Crippen molar-refractivity contribution in [2.24, 2.45) is 11.7 Å². The number of hydrogen-bond donors (Lipinski definition) is 3. The summed E-state index contributed by atoms with van der Waals surface area (Å²) in [6, 6.07) is 7.56. The molecule has 0 spiro atoms. The molecule has 0 bridgehead atoms. The molecule has 18 heavy (non-hydrogen) atoms. The predicted octanol–water partition coefficient (Wildman–Crippen LogP) is 1.17. The Morgan fingerprint density at radius 3 is 2.83 bits per heavy atom. The second-order valence-electron chi connectivity index (χ2n) is 4.63. The Hall–Kier alpha value is -1.39. The number of carbonyl (C=O) groups excluding carboxylic acids is 1. The Kier molecular flexibility index (Phi) is 6.39. The van der Waals surface area contributed by atoms with E-state index in [1.54, 1.807) is 0 Å². The first-order valence-corrected chi connectivity index (χ1v) is 6.31. The number of rotatable bonds is 7. The van der Waals surface area contributed by atoms with Crippen molar-refractivity contribution in [2.45, 2.75) is 32.9 Å². The maximum absolute atomic E-state index is 11.6. The van der Waals surface area contributed by atoms with Gasteiger partial charge in [0.25, 0.3) is 0 Å². The van der Waals surface area contributed by atoms with Crippen molar-refractivity contribution in [3.63, 3.8) is 0 Å². The predicted molar refractivity (Wildman–Crippen MR) is 71.7 cm³/mol. The molecule has 0 fully saturated rings. The first-order chi connectivity index (χ1) is 8.65. The van der Waals surface area contributed by atoms with Gasteiger partial charge in [0.15, 0.2) is 0 Å². The van der Waals surface area contributed by atoms with E-state index in [9.17, 15) is 4.79 Å². The van der Waals surface area contributed by atoms with Gasteiger partial charge in [-0.1, -0.05) is 31.2 Å². The molecular formula is C14H22N2O2. The highest BCUT2D eigenvalue weighted by Crippen LogP contribution is 2.06. The second-order valence-corrected chi connectivity index (χ2v) is 4.63. The van der Waals surface area contributed by atoms with Crippen LogP contribution in [0.3, 0.4) is 0 Å². The van der Waals surface area contributed by atoms with Gasteiger partial charge in [-0.05, 0) is 30.0 Å². The Balaban J connectivity index is 2.33. The molecule has 0 saturated heterocycles. The second kappa shape index (κ2) is 7.84. The van der Waals surface area contributed by atoms with Gasteiger partial charge in [-0.3, -0.25) is 4.79 Å². The van der Waals surface area contributed by atoms with E-state index >= 15 is 0 Å². The Morgan fingerprint density at radius 1 is 1.44 bits per heavy atom. The quantitative estimate of drug-likeness (QED) is 0.680. The van der Waals surface area contributed by atoms with Crippen molar-refractivity contribution < 1.29 is 9.90 Å². The van der Waals surface area contributed by atoms with Crippen molar-refractivity contribution >= 4 is 5.91 Å². The smallest absolute Gasteiger partial charge is 0.220 e. The number of amides is 1. The Labute approximate surface area is 108 Å². The van der Waals surface area contributed by atoms with E-state index in [1.165, 1.54) is 0 Å². The summed E-state index contributed by atoms with van der Waals surface area (Å²) >= 11 is 0. The van der Waals surface area contributed by atoms with Gasteiger partial charge >= 0.3 is 0 Å².